The molecule has 19 heavy (non-hydrogen) atoms. The Balaban J connectivity index is 2.08. The number of aromatic nitrogens is 1. The maximum Gasteiger partial charge on any atom is 0.125 e. The molecule has 0 saturated carbocycles. The Labute approximate surface area is 112 Å². The smallest absolute Gasteiger partial charge is 0.125 e. The van der Waals surface area contributed by atoms with Gasteiger partial charge in [0.05, 0.1) is 11.6 Å². The van der Waals surface area contributed by atoms with E-state index < -0.39 is 0 Å². The van der Waals surface area contributed by atoms with Gasteiger partial charge in [-0.3, -0.25) is 4.98 Å². The quantitative estimate of drug-likeness (QED) is 0.776. The molecular weight excluding hydrogens is 236 g/mol. The van der Waals surface area contributed by atoms with Gasteiger partial charge in [0.15, 0.2) is 0 Å². The summed E-state index contributed by atoms with van der Waals surface area (Å²) in [4.78, 5) is 4.35. The molecule has 0 aliphatic carbocycles. The van der Waals surface area contributed by atoms with Crippen LogP contribution in [0.4, 0.5) is 0 Å². The van der Waals surface area contributed by atoms with Crippen molar-refractivity contribution < 1.29 is 4.42 Å². The molecule has 1 atom stereocenters. The molecule has 0 fully saturated rings. The van der Waals surface area contributed by atoms with Crippen LogP contribution in [0.1, 0.15) is 30.0 Å². The average Bonchev–Trinajstić information content (AvgIpc) is 2.95. The molecule has 3 rings (SSSR count). The fourth-order valence-electron chi connectivity index (χ4n) is 2.30. The summed E-state index contributed by atoms with van der Waals surface area (Å²) in [5.74, 6) is 1.76. The Morgan fingerprint density at radius 2 is 2.05 bits per heavy atom. The Bertz CT molecular complexity index is 697. The Morgan fingerprint density at radius 3 is 2.84 bits per heavy atom. The Morgan fingerprint density at radius 1 is 1.16 bits per heavy atom. The lowest BCUT2D eigenvalue weighted by Crippen LogP contribution is -2.11. The molecule has 0 radical (unpaired) electrons. The molecule has 0 spiro atoms. The molecule has 96 valence electrons. The lowest BCUT2D eigenvalue weighted by Gasteiger charge is -2.12. The van der Waals surface area contributed by atoms with Crippen LogP contribution in [0.3, 0.4) is 0 Å². The van der Waals surface area contributed by atoms with Crippen LogP contribution >= 0.6 is 0 Å². The maximum absolute atomic E-state index is 6.33. The minimum Gasteiger partial charge on any atom is -0.464 e. The number of pyridine rings is 1. The highest BCUT2D eigenvalue weighted by molar-refractivity contribution is 5.82. The van der Waals surface area contributed by atoms with Crippen molar-refractivity contribution in [2.45, 2.75) is 19.4 Å². The molecule has 0 aliphatic rings. The largest absolute Gasteiger partial charge is 0.464 e. The van der Waals surface area contributed by atoms with Crippen LogP contribution in [0.15, 0.2) is 53.1 Å². The van der Waals surface area contributed by atoms with Gasteiger partial charge in [0.2, 0.25) is 0 Å². The van der Waals surface area contributed by atoms with Crippen LogP contribution in [0, 0.1) is 0 Å². The van der Waals surface area contributed by atoms with E-state index in [-0.39, 0.29) is 6.04 Å². The first-order chi connectivity index (χ1) is 9.29. The van der Waals surface area contributed by atoms with Gasteiger partial charge >= 0.3 is 0 Å². The molecule has 3 heteroatoms. The van der Waals surface area contributed by atoms with Gasteiger partial charge in [0.25, 0.3) is 0 Å². The normalized spacial score (nSPS) is 12.7. The van der Waals surface area contributed by atoms with Crippen molar-refractivity contribution in [2.75, 3.05) is 0 Å². The molecule has 2 aromatic heterocycles. The predicted molar refractivity (Wildman–Crippen MR) is 75.9 cm³/mol. The third-order valence-corrected chi connectivity index (χ3v) is 3.35. The summed E-state index contributed by atoms with van der Waals surface area (Å²) in [6.45, 7) is 2.07. The fourth-order valence-corrected chi connectivity index (χ4v) is 2.30. The highest BCUT2D eigenvalue weighted by Crippen LogP contribution is 2.27. The monoisotopic (exact) mass is 252 g/mol. The lowest BCUT2D eigenvalue weighted by molar-refractivity contribution is 0.454. The molecule has 0 amide bonds. The van der Waals surface area contributed by atoms with Crippen LogP contribution < -0.4 is 5.73 Å². The van der Waals surface area contributed by atoms with Crippen LogP contribution in [0.5, 0.6) is 0 Å². The van der Waals surface area contributed by atoms with Crippen LogP contribution in [-0.4, -0.2) is 4.98 Å². The van der Waals surface area contributed by atoms with E-state index in [2.05, 4.69) is 11.9 Å². The molecular formula is C16H16N2O. The van der Waals surface area contributed by atoms with Crippen molar-refractivity contribution in [3.05, 3.63) is 65.7 Å². The number of hydrogen-bond donors (Lipinski definition) is 1. The number of aryl methyl sites for hydroxylation is 1. The first kappa shape index (κ1) is 11.9. The van der Waals surface area contributed by atoms with Crippen molar-refractivity contribution in [2.24, 2.45) is 5.73 Å². The Hall–Kier alpha value is -2.13. The molecule has 0 saturated heterocycles. The highest BCUT2D eigenvalue weighted by Gasteiger charge is 2.15. The molecule has 3 nitrogen and oxygen atoms in total. The van der Waals surface area contributed by atoms with Crippen LogP contribution in [0.25, 0.3) is 10.9 Å². The number of nitrogens with zero attached hydrogens (tertiary/aromatic N) is 1. The number of nitrogens with two attached hydrogens (primary N) is 1. The number of furan rings is 1. The number of fused-ring (bicyclic) bond motifs is 1. The minimum atomic E-state index is -0.256. The minimum absolute atomic E-state index is 0.256. The highest BCUT2D eigenvalue weighted by atomic mass is 16.3. The van der Waals surface area contributed by atoms with Crippen molar-refractivity contribution in [1.82, 2.24) is 4.98 Å². The van der Waals surface area contributed by atoms with E-state index in [1.807, 2.05) is 42.5 Å². The summed E-state index contributed by atoms with van der Waals surface area (Å²) in [6.07, 6.45) is 2.67. The van der Waals surface area contributed by atoms with E-state index in [0.717, 1.165) is 34.4 Å². The van der Waals surface area contributed by atoms with Gasteiger partial charge in [-0.1, -0.05) is 25.1 Å². The second kappa shape index (κ2) is 4.86. The van der Waals surface area contributed by atoms with Crippen LogP contribution in [-0.2, 0) is 6.42 Å². The summed E-state index contributed by atoms with van der Waals surface area (Å²) in [6, 6.07) is 13.7. The van der Waals surface area contributed by atoms with Crippen molar-refractivity contribution >= 4 is 10.9 Å². The molecule has 1 aromatic carbocycles. The van der Waals surface area contributed by atoms with E-state index in [1.54, 1.807) is 6.20 Å². The first-order valence-electron chi connectivity index (χ1n) is 6.47. The summed E-state index contributed by atoms with van der Waals surface area (Å²) >= 11 is 0. The van der Waals surface area contributed by atoms with E-state index >= 15 is 0 Å². The summed E-state index contributed by atoms with van der Waals surface area (Å²) < 4.78 is 5.75. The second-order valence-electron chi connectivity index (χ2n) is 4.55. The molecule has 3 aromatic rings. The third kappa shape index (κ3) is 2.13. The lowest BCUT2D eigenvalue weighted by atomic mass is 10.0. The zero-order valence-corrected chi connectivity index (χ0v) is 10.8. The SMILES string of the molecule is CCc1ccc(C(N)c2cccc3ncccc23)o1. The summed E-state index contributed by atoms with van der Waals surface area (Å²) in [7, 11) is 0. The number of rotatable bonds is 3. The topological polar surface area (TPSA) is 52.0 Å². The van der Waals surface area contributed by atoms with Gasteiger partial charge in [0, 0.05) is 18.0 Å². The van der Waals surface area contributed by atoms with Gasteiger partial charge in [-0.2, -0.15) is 0 Å². The second-order valence-corrected chi connectivity index (χ2v) is 4.55. The van der Waals surface area contributed by atoms with E-state index in [4.69, 9.17) is 10.2 Å². The zero-order chi connectivity index (χ0) is 13.2. The maximum atomic E-state index is 6.33. The zero-order valence-electron chi connectivity index (χ0n) is 10.8. The molecule has 2 N–H and O–H groups in total. The third-order valence-electron chi connectivity index (χ3n) is 3.35. The molecule has 0 aliphatic heterocycles. The molecule has 0 bridgehead atoms. The van der Waals surface area contributed by atoms with E-state index in [0.29, 0.717) is 0 Å². The van der Waals surface area contributed by atoms with Gasteiger partial charge in [-0.15, -0.1) is 0 Å². The van der Waals surface area contributed by atoms with Crippen LogP contribution in [0.2, 0.25) is 0 Å². The Kier molecular flexibility index (Phi) is 3.05. The molecule has 2 heterocycles. The van der Waals surface area contributed by atoms with Gasteiger partial charge < -0.3 is 10.2 Å². The van der Waals surface area contributed by atoms with Gasteiger partial charge in [0.1, 0.15) is 11.5 Å². The number of benzene rings is 1. The molecule has 1 unspecified atom stereocenters. The summed E-state index contributed by atoms with van der Waals surface area (Å²) in [5.41, 5.74) is 8.33. The van der Waals surface area contributed by atoms with Gasteiger partial charge in [-0.05, 0) is 29.8 Å². The first-order valence-corrected chi connectivity index (χ1v) is 6.47. The van der Waals surface area contributed by atoms with E-state index in [1.165, 1.54) is 0 Å². The van der Waals surface area contributed by atoms with E-state index in [9.17, 15) is 0 Å². The number of hydrogen-bond acceptors (Lipinski definition) is 3. The van der Waals surface area contributed by atoms with Crippen molar-refractivity contribution in [3.63, 3.8) is 0 Å². The van der Waals surface area contributed by atoms with Gasteiger partial charge in [-0.25, -0.2) is 0 Å². The van der Waals surface area contributed by atoms with Crippen molar-refractivity contribution in [3.8, 4) is 0 Å². The predicted octanol–water partition coefficient (Wildman–Crippen LogP) is 3.44. The standard InChI is InChI=1S/C16H16N2O/c1-2-11-8-9-15(19-11)16(17)13-5-3-7-14-12(13)6-4-10-18-14/h3-10,16H,2,17H2,1H3. The fraction of sp³-hybridized carbons (Fsp3) is 0.188. The average molecular weight is 252 g/mol. The van der Waals surface area contributed by atoms with Crippen molar-refractivity contribution in [1.29, 1.82) is 0 Å². The summed E-state index contributed by atoms with van der Waals surface area (Å²) in [5, 5.41) is 1.08.